The lowest BCUT2D eigenvalue weighted by molar-refractivity contribution is -0.116. The molecule has 0 radical (unpaired) electrons. The van der Waals surface area contributed by atoms with Crippen LogP contribution in [0.25, 0.3) is 0 Å². The number of hydrogen-bond acceptors (Lipinski definition) is 3. The van der Waals surface area contributed by atoms with Gasteiger partial charge < -0.3 is 5.32 Å². The molecule has 0 bridgehead atoms. The van der Waals surface area contributed by atoms with Crippen LogP contribution in [0.2, 0.25) is 0 Å². The van der Waals surface area contributed by atoms with Gasteiger partial charge >= 0.3 is 0 Å². The molecule has 0 aliphatic carbocycles. The van der Waals surface area contributed by atoms with Crippen LogP contribution in [-0.4, -0.2) is 17.6 Å². The Bertz CT molecular complexity index is 552. The third-order valence-corrected chi connectivity index (χ3v) is 4.95. The van der Waals surface area contributed by atoms with Gasteiger partial charge in [-0.3, -0.25) is 9.59 Å². The van der Waals surface area contributed by atoms with Crippen LogP contribution in [0.4, 0.5) is 0 Å². The van der Waals surface area contributed by atoms with Gasteiger partial charge in [-0.2, -0.15) is 0 Å². The molecule has 1 aromatic carbocycles. The van der Waals surface area contributed by atoms with Crippen molar-refractivity contribution in [2.24, 2.45) is 0 Å². The molecule has 1 aromatic rings. The Morgan fingerprint density at radius 2 is 1.58 bits per heavy atom. The third-order valence-electron chi connectivity index (χ3n) is 4.23. The fourth-order valence-electron chi connectivity index (χ4n) is 2.59. The van der Waals surface area contributed by atoms with Gasteiger partial charge in [0.2, 0.25) is 11.0 Å². The van der Waals surface area contributed by atoms with E-state index in [2.05, 4.69) is 19.2 Å². The van der Waals surface area contributed by atoms with Crippen LogP contribution in [0.15, 0.2) is 35.7 Å². The second kappa shape index (κ2) is 14.6. The van der Waals surface area contributed by atoms with E-state index in [4.69, 9.17) is 0 Å². The first-order chi connectivity index (χ1) is 12.7. The molecule has 1 N–H and O–H groups in total. The SMILES string of the molecule is CCCCCCCCNC(=O)C=CSC(=O)c1ccc(CCCC)cc1. The van der Waals surface area contributed by atoms with E-state index in [0.717, 1.165) is 31.0 Å². The summed E-state index contributed by atoms with van der Waals surface area (Å²) in [5.74, 6) is -0.131. The van der Waals surface area contributed by atoms with Crippen molar-refractivity contribution in [2.45, 2.75) is 71.6 Å². The van der Waals surface area contributed by atoms with Crippen molar-refractivity contribution >= 4 is 22.8 Å². The number of thioether (sulfide) groups is 1. The molecular formula is C22H33NO2S. The number of nitrogens with one attached hydrogen (secondary N) is 1. The van der Waals surface area contributed by atoms with Crippen LogP contribution < -0.4 is 5.32 Å². The second-order valence-electron chi connectivity index (χ2n) is 6.57. The molecule has 3 nitrogen and oxygen atoms in total. The lowest BCUT2D eigenvalue weighted by Gasteiger charge is -2.03. The summed E-state index contributed by atoms with van der Waals surface area (Å²) >= 11 is 1.05. The van der Waals surface area contributed by atoms with Crippen molar-refractivity contribution in [3.63, 3.8) is 0 Å². The van der Waals surface area contributed by atoms with Crippen molar-refractivity contribution in [2.75, 3.05) is 6.54 Å². The van der Waals surface area contributed by atoms with Crippen molar-refractivity contribution in [3.05, 3.63) is 46.9 Å². The Labute approximate surface area is 163 Å². The maximum Gasteiger partial charge on any atom is 0.244 e. The molecule has 1 rings (SSSR count). The highest BCUT2D eigenvalue weighted by Crippen LogP contribution is 2.15. The van der Waals surface area contributed by atoms with E-state index < -0.39 is 0 Å². The lowest BCUT2D eigenvalue weighted by atomic mass is 10.1. The zero-order valence-electron chi connectivity index (χ0n) is 16.3. The summed E-state index contributed by atoms with van der Waals surface area (Å²) in [4.78, 5) is 23.8. The first kappa shape index (κ1) is 22.5. The minimum atomic E-state index is -0.131. The molecule has 0 aliphatic rings. The van der Waals surface area contributed by atoms with Crippen LogP contribution in [-0.2, 0) is 11.2 Å². The highest BCUT2D eigenvalue weighted by atomic mass is 32.2. The molecule has 0 aliphatic heterocycles. The Hall–Kier alpha value is -1.55. The summed E-state index contributed by atoms with van der Waals surface area (Å²) in [5.41, 5.74) is 1.94. The van der Waals surface area contributed by atoms with E-state index in [1.54, 1.807) is 5.41 Å². The van der Waals surface area contributed by atoms with Crippen molar-refractivity contribution < 1.29 is 9.59 Å². The van der Waals surface area contributed by atoms with E-state index in [0.29, 0.717) is 12.1 Å². The highest BCUT2D eigenvalue weighted by Gasteiger charge is 2.05. The van der Waals surface area contributed by atoms with Gasteiger partial charge in [0.05, 0.1) is 0 Å². The van der Waals surface area contributed by atoms with Crippen LogP contribution in [0.1, 0.15) is 81.1 Å². The molecule has 0 unspecified atom stereocenters. The van der Waals surface area contributed by atoms with E-state index in [-0.39, 0.29) is 11.0 Å². The summed E-state index contributed by atoms with van der Waals surface area (Å²) in [6.07, 6.45) is 12.1. The summed E-state index contributed by atoms with van der Waals surface area (Å²) < 4.78 is 0. The zero-order valence-corrected chi connectivity index (χ0v) is 17.1. The molecule has 26 heavy (non-hydrogen) atoms. The van der Waals surface area contributed by atoms with Crippen LogP contribution in [0.5, 0.6) is 0 Å². The molecule has 144 valence electrons. The standard InChI is InChI=1S/C22H33NO2S/c1-3-5-7-8-9-10-17-23-21(24)16-18-26-22(25)20-14-12-19(13-15-20)11-6-4-2/h12-16,18H,3-11,17H2,1-2H3,(H,23,24). The fourth-order valence-corrected chi connectivity index (χ4v) is 3.18. The Morgan fingerprint density at radius 1 is 0.923 bits per heavy atom. The molecule has 1 amide bonds. The molecular weight excluding hydrogens is 342 g/mol. The van der Waals surface area contributed by atoms with E-state index in [1.807, 2.05) is 24.3 Å². The smallest absolute Gasteiger partial charge is 0.244 e. The largest absolute Gasteiger partial charge is 0.353 e. The number of carbonyl (C=O) groups is 2. The number of amides is 1. The summed E-state index contributed by atoms with van der Waals surface area (Å²) in [6, 6.07) is 7.76. The zero-order chi connectivity index (χ0) is 19.0. The van der Waals surface area contributed by atoms with Crippen molar-refractivity contribution in [1.29, 1.82) is 0 Å². The Morgan fingerprint density at radius 3 is 2.27 bits per heavy atom. The number of unbranched alkanes of at least 4 members (excludes halogenated alkanes) is 6. The van der Waals surface area contributed by atoms with Gasteiger partial charge in [0.1, 0.15) is 0 Å². The first-order valence-electron chi connectivity index (χ1n) is 9.91. The summed E-state index contributed by atoms with van der Waals surface area (Å²) in [7, 11) is 0. The lowest BCUT2D eigenvalue weighted by Crippen LogP contribution is -2.21. The molecule has 0 aromatic heterocycles. The minimum absolute atomic E-state index is 0.0352. The molecule has 0 atom stereocenters. The molecule has 0 saturated heterocycles. The number of rotatable bonds is 13. The van der Waals surface area contributed by atoms with Gasteiger partial charge in [0, 0.05) is 18.2 Å². The van der Waals surface area contributed by atoms with Gasteiger partial charge in [0.25, 0.3) is 0 Å². The van der Waals surface area contributed by atoms with Gasteiger partial charge in [-0.25, -0.2) is 0 Å². The third kappa shape index (κ3) is 10.4. The molecule has 0 saturated carbocycles. The van der Waals surface area contributed by atoms with Gasteiger partial charge in [-0.05, 0) is 30.2 Å². The predicted molar refractivity (Wildman–Crippen MR) is 113 cm³/mol. The number of benzene rings is 1. The Kier molecular flexibility index (Phi) is 12.6. The average Bonchev–Trinajstić information content (AvgIpc) is 2.66. The van der Waals surface area contributed by atoms with Crippen LogP contribution >= 0.6 is 11.8 Å². The molecule has 4 heteroatoms. The van der Waals surface area contributed by atoms with Gasteiger partial charge in [0.15, 0.2) is 0 Å². The first-order valence-corrected chi connectivity index (χ1v) is 10.8. The monoisotopic (exact) mass is 375 g/mol. The maximum absolute atomic E-state index is 12.1. The van der Waals surface area contributed by atoms with Crippen LogP contribution in [0, 0.1) is 0 Å². The predicted octanol–water partition coefficient (Wildman–Crippen LogP) is 5.89. The molecule has 0 spiro atoms. The average molecular weight is 376 g/mol. The van der Waals surface area contributed by atoms with Gasteiger partial charge in [-0.1, -0.05) is 88.4 Å². The van der Waals surface area contributed by atoms with E-state index in [1.165, 1.54) is 50.2 Å². The maximum atomic E-state index is 12.1. The molecule has 0 heterocycles. The topological polar surface area (TPSA) is 46.2 Å². The number of carbonyl (C=O) groups excluding carboxylic acids is 2. The fraction of sp³-hybridized carbons (Fsp3) is 0.545. The van der Waals surface area contributed by atoms with E-state index >= 15 is 0 Å². The number of hydrogen-bond donors (Lipinski definition) is 1. The number of aryl methyl sites for hydroxylation is 1. The highest BCUT2D eigenvalue weighted by molar-refractivity contribution is 8.16. The summed E-state index contributed by atoms with van der Waals surface area (Å²) in [6.45, 7) is 5.08. The minimum Gasteiger partial charge on any atom is -0.353 e. The molecule has 0 fully saturated rings. The van der Waals surface area contributed by atoms with Crippen molar-refractivity contribution in [3.8, 4) is 0 Å². The second-order valence-corrected chi connectivity index (χ2v) is 7.45. The van der Waals surface area contributed by atoms with Crippen LogP contribution in [0.3, 0.4) is 0 Å². The normalized spacial score (nSPS) is 11.0. The van der Waals surface area contributed by atoms with Crippen molar-refractivity contribution in [1.82, 2.24) is 5.32 Å². The summed E-state index contributed by atoms with van der Waals surface area (Å²) in [5, 5.41) is 4.40. The quantitative estimate of drug-likeness (QED) is 0.345. The van der Waals surface area contributed by atoms with Gasteiger partial charge in [-0.15, -0.1) is 0 Å². The van der Waals surface area contributed by atoms with E-state index in [9.17, 15) is 9.59 Å². The Balaban J connectivity index is 2.21.